The second kappa shape index (κ2) is 23.5. The van der Waals surface area contributed by atoms with E-state index < -0.39 is 0 Å². The fraction of sp³-hybridized carbons (Fsp3) is 0.190. The fourth-order valence-corrected chi connectivity index (χ4v) is 8.97. The zero-order valence-corrected chi connectivity index (χ0v) is 42.1. The average Bonchev–Trinajstić information content (AvgIpc) is 3.45. The molecule has 0 atom stereocenters. The molecular formula is C58H58N12O5. The maximum absolute atomic E-state index is 11.8. The van der Waals surface area contributed by atoms with Gasteiger partial charge in [0.05, 0.1) is 30.9 Å². The fourth-order valence-electron chi connectivity index (χ4n) is 8.97. The number of likely N-dealkylation sites (N-methyl/N-ethyl adjacent to an activating group) is 1. The van der Waals surface area contributed by atoms with Crippen LogP contribution in [0, 0.1) is 0 Å². The zero-order valence-electron chi connectivity index (χ0n) is 42.1. The Morgan fingerprint density at radius 1 is 0.560 bits per heavy atom. The Hall–Kier alpha value is -9.35. The third kappa shape index (κ3) is 12.3. The molecule has 2 aliphatic rings. The van der Waals surface area contributed by atoms with Gasteiger partial charge in [0, 0.05) is 121 Å². The summed E-state index contributed by atoms with van der Waals surface area (Å²) in [5, 5.41) is 14.1. The van der Waals surface area contributed by atoms with E-state index in [4.69, 9.17) is 19.4 Å². The van der Waals surface area contributed by atoms with Gasteiger partial charge in [-0.3, -0.25) is 9.59 Å². The van der Waals surface area contributed by atoms with E-state index in [-0.39, 0.29) is 17.9 Å². The molecule has 17 nitrogen and oxygen atoms in total. The Balaban J connectivity index is 0.000000184. The van der Waals surface area contributed by atoms with Gasteiger partial charge in [0.1, 0.15) is 5.75 Å². The first kappa shape index (κ1) is 50.6. The van der Waals surface area contributed by atoms with Crippen LogP contribution in [0.15, 0.2) is 165 Å². The van der Waals surface area contributed by atoms with Crippen molar-refractivity contribution < 1.29 is 23.9 Å². The molecule has 17 heteroatoms. The molecule has 75 heavy (non-hydrogen) atoms. The lowest BCUT2D eigenvalue weighted by Crippen LogP contribution is -2.48. The minimum atomic E-state index is -0.282. The SMILES string of the molecule is C=CC(=O)Nc1cccc(-c2cccc3cnc(Nc4ccc(N5CCN(C(=O)OC)CC5)cc4)nc23)c1.C=CC(=O)Nc1cccc(-c2cccc3cnc(Nc4ccc(N5CCN(C)CC5)c(OC)c4)nc23)c1. The van der Waals surface area contributed by atoms with E-state index in [0.717, 1.165) is 112 Å². The summed E-state index contributed by atoms with van der Waals surface area (Å²) < 4.78 is 10.5. The number of fused-ring (bicyclic) bond motifs is 2. The number of nitrogens with zero attached hydrogens (tertiary/aromatic N) is 8. The molecule has 4 heterocycles. The van der Waals surface area contributed by atoms with Crippen LogP contribution in [0.5, 0.6) is 5.75 Å². The van der Waals surface area contributed by atoms with Gasteiger partial charge < -0.3 is 50.3 Å². The van der Waals surface area contributed by atoms with Crippen molar-refractivity contribution in [1.82, 2.24) is 29.7 Å². The van der Waals surface area contributed by atoms with E-state index in [1.807, 2.05) is 128 Å². The third-order valence-electron chi connectivity index (χ3n) is 13.0. The van der Waals surface area contributed by atoms with Crippen molar-refractivity contribution >= 4 is 85.7 Å². The van der Waals surface area contributed by atoms with Gasteiger partial charge in [0.25, 0.3) is 0 Å². The van der Waals surface area contributed by atoms with E-state index in [2.05, 4.69) is 72.2 Å². The van der Waals surface area contributed by atoms with Crippen LogP contribution in [-0.2, 0) is 14.3 Å². The van der Waals surface area contributed by atoms with E-state index in [0.29, 0.717) is 36.4 Å². The van der Waals surface area contributed by atoms with E-state index >= 15 is 0 Å². The van der Waals surface area contributed by atoms with Crippen LogP contribution in [0.1, 0.15) is 0 Å². The summed E-state index contributed by atoms with van der Waals surface area (Å²) in [6.07, 6.45) is 5.82. The topological polar surface area (TPSA) is 182 Å². The van der Waals surface area contributed by atoms with Gasteiger partial charge in [-0.25, -0.2) is 24.7 Å². The number of piperazine rings is 2. The number of hydrogen-bond donors (Lipinski definition) is 4. The Morgan fingerprint density at radius 2 is 1.07 bits per heavy atom. The van der Waals surface area contributed by atoms with Crippen LogP contribution >= 0.6 is 0 Å². The number of carbonyl (C=O) groups excluding carboxylic acids is 3. The van der Waals surface area contributed by atoms with Gasteiger partial charge in [0.2, 0.25) is 23.7 Å². The molecule has 10 rings (SSSR count). The van der Waals surface area contributed by atoms with Gasteiger partial charge in [-0.15, -0.1) is 0 Å². The Kier molecular flexibility index (Phi) is 15.8. The number of hydrogen-bond acceptors (Lipinski definition) is 14. The maximum atomic E-state index is 11.8. The lowest BCUT2D eigenvalue weighted by molar-refractivity contribution is -0.112. The summed E-state index contributed by atoms with van der Waals surface area (Å²) in [7, 11) is 5.25. The Labute approximate surface area is 435 Å². The summed E-state index contributed by atoms with van der Waals surface area (Å²) in [6, 6.07) is 41.4. The molecule has 0 spiro atoms. The van der Waals surface area contributed by atoms with Crippen molar-refractivity contribution in [2.24, 2.45) is 0 Å². The van der Waals surface area contributed by atoms with Gasteiger partial charge in [0.15, 0.2) is 0 Å². The molecule has 0 saturated carbocycles. The van der Waals surface area contributed by atoms with Crippen LogP contribution in [-0.4, -0.2) is 121 Å². The van der Waals surface area contributed by atoms with Gasteiger partial charge in [-0.2, -0.15) is 0 Å². The predicted octanol–water partition coefficient (Wildman–Crippen LogP) is 9.98. The number of nitrogens with one attached hydrogen (secondary N) is 4. The largest absolute Gasteiger partial charge is 0.495 e. The second-order valence-electron chi connectivity index (χ2n) is 17.8. The summed E-state index contributed by atoms with van der Waals surface area (Å²) in [5.74, 6) is 1.28. The summed E-state index contributed by atoms with van der Waals surface area (Å²) in [5.41, 5.74) is 10.6. The number of carbonyl (C=O) groups is 3. The van der Waals surface area contributed by atoms with Crippen molar-refractivity contribution in [2.45, 2.75) is 0 Å². The van der Waals surface area contributed by atoms with E-state index in [1.54, 1.807) is 18.2 Å². The molecular weight excluding hydrogens is 945 g/mol. The first-order valence-corrected chi connectivity index (χ1v) is 24.5. The second-order valence-corrected chi connectivity index (χ2v) is 17.8. The molecule has 2 saturated heterocycles. The average molecular weight is 1000 g/mol. The standard InChI is InChI=1S/C29H28N6O3.C29H30N6O2/c1-3-26(36)31-23-8-4-6-20(18-23)25-9-5-7-21-19-30-28(33-27(21)25)32-22-10-12-24(13-11-22)34-14-16-35(17-15-34)29(37)38-2;1-4-27(36)31-22-9-5-7-20(17-22)24-10-6-8-21-19-30-29(33-28(21)24)32-23-11-12-25(26(18-23)37-3)35-15-13-34(2)14-16-35/h3-13,18-19H,1,14-17H2,2H3,(H,31,36)(H,30,32,33);4-12,17-19H,1,13-16H2,2-3H3,(H,31,36)(H,30,32,33). The summed E-state index contributed by atoms with van der Waals surface area (Å²) in [6.45, 7) is 13.8. The highest BCUT2D eigenvalue weighted by molar-refractivity contribution is 6.01. The molecule has 0 aliphatic carbocycles. The Bertz CT molecular complexity index is 3370. The van der Waals surface area contributed by atoms with Crippen LogP contribution in [0.4, 0.5) is 50.8 Å². The van der Waals surface area contributed by atoms with Crippen LogP contribution < -0.4 is 35.8 Å². The lowest BCUT2D eigenvalue weighted by atomic mass is 10.0. The lowest BCUT2D eigenvalue weighted by Gasteiger charge is -2.35. The van der Waals surface area contributed by atoms with E-state index in [1.165, 1.54) is 19.3 Å². The molecule has 3 amide bonds. The first-order chi connectivity index (χ1) is 36.6. The van der Waals surface area contributed by atoms with E-state index in [9.17, 15) is 14.4 Å². The van der Waals surface area contributed by atoms with Crippen LogP contribution in [0.2, 0.25) is 0 Å². The zero-order chi connectivity index (χ0) is 52.3. The molecule has 2 fully saturated rings. The third-order valence-corrected chi connectivity index (χ3v) is 13.0. The number of para-hydroxylation sites is 2. The number of benzene rings is 6. The van der Waals surface area contributed by atoms with Crippen molar-refractivity contribution in [1.29, 1.82) is 0 Å². The van der Waals surface area contributed by atoms with Crippen molar-refractivity contribution in [2.75, 3.05) is 105 Å². The highest BCUT2D eigenvalue weighted by Gasteiger charge is 2.22. The number of aromatic nitrogens is 4. The van der Waals surface area contributed by atoms with Gasteiger partial charge in [-0.05, 0) is 91.0 Å². The molecule has 2 aliphatic heterocycles. The smallest absolute Gasteiger partial charge is 0.409 e. The minimum absolute atomic E-state index is 0.252. The molecule has 2 aromatic heterocycles. The quantitative estimate of drug-likeness (QED) is 0.0801. The molecule has 6 aromatic carbocycles. The molecule has 0 unspecified atom stereocenters. The highest BCUT2D eigenvalue weighted by atomic mass is 16.5. The van der Waals surface area contributed by atoms with Crippen LogP contribution in [0.25, 0.3) is 44.1 Å². The molecule has 380 valence electrons. The summed E-state index contributed by atoms with van der Waals surface area (Å²) >= 11 is 0. The first-order valence-electron chi connectivity index (χ1n) is 24.5. The van der Waals surface area contributed by atoms with Crippen LogP contribution in [0.3, 0.4) is 0 Å². The highest BCUT2D eigenvalue weighted by Crippen LogP contribution is 2.35. The van der Waals surface area contributed by atoms with Gasteiger partial charge in [-0.1, -0.05) is 73.8 Å². The monoisotopic (exact) mass is 1000 g/mol. The Morgan fingerprint density at radius 3 is 1.59 bits per heavy atom. The molecule has 4 N–H and O–H groups in total. The predicted molar refractivity (Wildman–Crippen MR) is 300 cm³/mol. The molecule has 0 bridgehead atoms. The maximum Gasteiger partial charge on any atom is 0.409 e. The molecule has 8 aromatic rings. The van der Waals surface area contributed by atoms with Gasteiger partial charge >= 0.3 is 6.09 Å². The number of amides is 3. The van der Waals surface area contributed by atoms with Crippen molar-refractivity contribution in [3.05, 3.63) is 165 Å². The number of ether oxygens (including phenoxy) is 2. The number of anilines is 8. The van der Waals surface area contributed by atoms with Crippen molar-refractivity contribution in [3.8, 4) is 28.0 Å². The normalized spacial score (nSPS) is 13.5. The summed E-state index contributed by atoms with van der Waals surface area (Å²) in [4.78, 5) is 62.6. The number of rotatable bonds is 13. The minimum Gasteiger partial charge on any atom is -0.495 e. The number of methoxy groups -OCH3 is 2. The van der Waals surface area contributed by atoms with Crippen molar-refractivity contribution in [3.63, 3.8) is 0 Å². The molecule has 0 radical (unpaired) electrons.